The average Bonchev–Trinajstić information content (AvgIpc) is 1.21. The Bertz CT molecular complexity index is 4320. The van der Waals surface area contributed by atoms with E-state index in [4.69, 9.17) is 9.47 Å². The molecule has 0 aliphatic carbocycles. The lowest BCUT2D eigenvalue weighted by Crippen LogP contribution is -2.61. The molecule has 0 unspecified atom stereocenters. The second kappa shape index (κ2) is 75.7. The van der Waals surface area contributed by atoms with Crippen LogP contribution in [0.25, 0.3) is 5.69 Å². The van der Waals surface area contributed by atoms with Crippen LogP contribution in [0, 0.1) is 43.3 Å². The largest absolute Gasteiger partial charge is 0.386 e. The summed E-state index contributed by atoms with van der Waals surface area (Å²) in [5, 5.41) is 21.6. The molecule has 21 heteroatoms. The van der Waals surface area contributed by atoms with Gasteiger partial charge in [0.15, 0.2) is 5.78 Å². The Kier molecular flexibility index (Phi) is 73.7. The molecule has 0 atom stereocenters. The Morgan fingerprint density at radius 1 is 0.329 bits per heavy atom. The average molecular weight is 1980 g/mol. The van der Waals surface area contributed by atoms with Crippen molar-refractivity contribution in [3.63, 3.8) is 0 Å². The zero-order chi connectivity index (χ0) is 110. The van der Waals surface area contributed by atoms with Crippen LogP contribution in [0.1, 0.15) is 341 Å². The number of Topliss-reactive ketones (excluding diaryl/α,β-unsaturated/α-hetero) is 2. The van der Waals surface area contributed by atoms with Gasteiger partial charge in [0.25, 0.3) is 23.6 Å². The van der Waals surface area contributed by atoms with Gasteiger partial charge in [0.1, 0.15) is 5.78 Å². The number of likely N-dealkylation sites (N-methyl/N-ethyl adjacent to an activating group) is 1. The third-order valence-electron chi connectivity index (χ3n) is 16.2. The molecule has 5 aliphatic heterocycles. The Hall–Kier alpha value is -10.0. The molecule has 0 bridgehead atoms. The van der Waals surface area contributed by atoms with E-state index in [-0.39, 0.29) is 35.2 Å². The molecule has 6 aromatic carbocycles. The maximum absolute atomic E-state index is 12.0. The lowest BCUT2D eigenvalue weighted by Gasteiger charge is -2.44. The highest BCUT2D eigenvalue weighted by Crippen LogP contribution is 2.23. The number of β-amino-alcohol motifs (C(OH)–C–C–N with tert-alkyl or cyclic N) is 1. The van der Waals surface area contributed by atoms with Crippen LogP contribution in [0.4, 0.5) is 0 Å². The minimum atomic E-state index is -0.690. The van der Waals surface area contributed by atoms with Crippen molar-refractivity contribution < 1.29 is 43.3 Å². The maximum atomic E-state index is 12.0. The predicted molar refractivity (Wildman–Crippen MR) is 608 cm³/mol. The Morgan fingerprint density at radius 3 is 0.874 bits per heavy atom. The number of ketones is 2. The summed E-state index contributed by atoms with van der Waals surface area (Å²) >= 11 is 0. The van der Waals surface area contributed by atoms with E-state index in [0.717, 1.165) is 94.4 Å². The first-order valence-corrected chi connectivity index (χ1v) is 51.9. The van der Waals surface area contributed by atoms with E-state index in [2.05, 4.69) is 254 Å². The van der Waals surface area contributed by atoms with Gasteiger partial charge in [0.05, 0.1) is 57.4 Å². The van der Waals surface area contributed by atoms with Crippen molar-refractivity contribution in [2.24, 2.45) is 50.4 Å². The highest BCUT2D eigenvalue weighted by atomic mass is 16.5. The first-order valence-electron chi connectivity index (χ1n) is 51.9. The van der Waals surface area contributed by atoms with Gasteiger partial charge in [-0.3, -0.25) is 43.0 Å². The monoisotopic (exact) mass is 1980 g/mol. The second-order valence-corrected chi connectivity index (χ2v) is 48.2. The molecule has 4 amide bonds. The van der Waals surface area contributed by atoms with Gasteiger partial charge in [-0.25, -0.2) is 4.68 Å². The normalized spacial score (nSPS) is 14.1. The van der Waals surface area contributed by atoms with Gasteiger partial charge >= 0.3 is 0 Å². The fourth-order valence-corrected chi connectivity index (χ4v) is 10.6. The van der Waals surface area contributed by atoms with E-state index in [1.807, 2.05) is 262 Å². The van der Waals surface area contributed by atoms with Crippen LogP contribution < -0.4 is 0 Å². The summed E-state index contributed by atoms with van der Waals surface area (Å²) in [5.41, 5.74) is 8.17. The number of morpholine rings is 2. The van der Waals surface area contributed by atoms with E-state index < -0.39 is 5.60 Å². The number of amides is 4. The quantitative estimate of drug-likeness (QED) is 0.119. The Labute approximate surface area is 872 Å². The molecule has 0 radical (unpaired) electrons. The smallest absolute Gasteiger partial charge is 0.254 e. The number of aromatic nitrogens is 6. The van der Waals surface area contributed by atoms with Crippen LogP contribution in [0.3, 0.4) is 0 Å². The van der Waals surface area contributed by atoms with Crippen molar-refractivity contribution in [3.05, 3.63) is 265 Å². The van der Waals surface area contributed by atoms with Gasteiger partial charge < -0.3 is 39.1 Å². The van der Waals surface area contributed by atoms with E-state index in [1.165, 1.54) is 0 Å². The predicted octanol–water partition coefficient (Wildman–Crippen LogP) is 28.3. The summed E-state index contributed by atoms with van der Waals surface area (Å²) in [6.45, 7) is 96.0. The van der Waals surface area contributed by atoms with Crippen molar-refractivity contribution in [1.29, 1.82) is 0 Å². The number of nitrogens with zero attached hydrogens (tertiary/aromatic N) is 12. The van der Waals surface area contributed by atoms with Crippen molar-refractivity contribution in [3.8, 4) is 5.69 Å². The zero-order valence-electron chi connectivity index (χ0n) is 97.7. The summed E-state index contributed by atoms with van der Waals surface area (Å²) in [4.78, 5) is 81.6. The molecule has 806 valence electrons. The second-order valence-electron chi connectivity index (χ2n) is 48.2. The number of piperidine rings is 1. The molecule has 8 heterocycles. The fraction of sp³-hybridized carbons (Fsp3) is 0.582. The first-order chi connectivity index (χ1) is 66.2. The fourth-order valence-electron chi connectivity index (χ4n) is 10.6. The van der Waals surface area contributed by atoms with Crippen molar-refractivity contribution in [2.45, 2.75) is 301 Å². The molecule has 9 aromatic rings. The van der Waals surface area contributed by atoms with Gasteiger partial charge in [-0.15, -0.1) is 0 Å². The van der Waals surface area contributed by atoms with E-state index >= 15 is 0 Å². The number of benzene rings is 6. The van der Waals surface area contributed by atoms with Crippen molar-refractivity contribution in [1.82, 2.24) is 58.7 Å². The number of aliphatic hydroxyl groups is 1. The molecular formula is C122H204N12O9. The molecule has 0 spiro atoms. The van der Waals surface area contributed by atoms with Crippen LogP contribution in [0.15, 0.2) is 237 Å². The van der Waals surface area contributed by atoms with Crippen LogP contribution in [-0.4, -0.2) is 223 Å². The minimum absolute atomic E-state index is 0.00266. The number of hydrogen-bond donors (Lipinski definition) is 1. The van der Waals surface area contributed by atoms with Crippen LogP contribution in [0.2, 0.25) is 0 Å². The topological polar surface area (TPSA) is 214 Å². The Morgan fingerprint density at radius 2 is 0.601 bits per heavy atom. The lowest BCUT2D eigenvalue weighted by molar-refractivity contribution is -0.120. The number of piperazine rings is 1. The minimum Gasteiger partial charge on any atom is -0.386 e. The van der Waals surface area contributed by atoms with Crippen LogP contribution in [-0.2, 0) is 27.9 Å². The van der Waals surface area contributed by atoms with Gasteiger partial charge in [-0.05, 0) is 143 Å². The molecule has 5 saturated heterocycles. The molecule has 5 fully saturated rings. The highest BCUT2D eigenvalue weighted by Gasteiger charge is 2.39. The molecule has 0 saturated carbocycles. The number of carbonyl (C=O) groups is 6. The molecule has 143 heavy (non-hydrogen) atoms. The van der Waals surface area contributed by atoms with E-state index in [1.54, 1.807) is 58.1 Å². The molecule has 21 nitrogen and oxygen atoms in total. The summed E-state index contributed by atoms with van der Waals surface area (Å²) in [6.07, 6.45) is 13.7. The molecule has 3 aromatic heterocycles. The maximum Gasteiger partial charge on any atom is 0.254 e. The van der Waals surface area contributed by atoms with Crippen molar-refractivity contribution in [2.75, 3.05) is 119 Å². The first kappa shape index (κ1) is 139. The van der Waals surface area contributed by atoms with E-state index in [0.29, 0.717) is 126 Å². The standard InChI is InChI=1S/C12H16N2O.C12H13NO2.2C11H13NO2.C10H12O.C9H15N3O.C9H8N2.8C5H12.C4H6N2.2C2H6/c1-13-7-9-14(10-8-13)12(15)11-5-3-2-4-6-11;14-11-6-8-13(9-7-11)12(15)10-4-2-1-3-5-10;1-11(14)7-12(8-11)10(13)9-5-3-2-4-6-9;13-11(10-4-2-1-3-5-10)12-6-8-14-9-7-12;1-2-6-10(11)9-7-4-3-5-8-9;1-2-10-12(3-1)5-4-11-6-8-13-9-7-11;1-2-5-9(6-3-1)11-8-4-7-10-11;8*1-5(2,3)4;1-6-4-2-3-5-6;2*1-2/h2-6H,7-10H2,1H3;1-5H,6-9H2;2-6,14H,7-8H2,1H3;1-5H,6-9H2;3-5,7-8H,2,6H2,1H3;1-3H,4-9H2;1-8H;8*1-4H3;2-4H,1H3;2*1-2H3. The lowest BCUT2D eigenvalue weighted by atomic mass is 9.96. The third-order valence-corrected chi connectivity index (χ3v) is 16.2. The summed E-state index contributed by atoms with van der Waals surface area (Å²) in [7, 11) is 3.98. The number of carbonyl (C=O) groups excluding carboxylic acids is 6. The molecule has 14 rings (SSSR count). The molecule has 1 N–H and O–H groups in total. The Balaban J connectivity index is -0.000000733. The number of likely N-dealkylation sites (tertiary alicyclic amines) is 2. The zero-order valence-corrected chi connectivity index (χ0v) is 97.7. The van der Waals surface area contributed by atoms with Gasteiger partial charge in [-0.2, -0.15) is 15.3 Å². The van der Waals surface area contributed by atoms with Crippen LogP contribution >= 0.6 is 0 Å². The van der Waals surface area contributed by atoms with Gasteiger partial charge in [0.2, 0.25) is 0 Å². The SMILES string of the molecule is CC.CC.CC(C)(C)C.CC(C)(C)C.CC(C)(C)C.CC(C)(C)C.CC(C)(C)C.CC(C)(C)C.CC(C)(C)C.CC(C)(C)C.CC1(O)CN(C(=O)c2ccccc2)C1.CCCC(=O)c1ccccc1.CN1CCN(C(=O)c2ccccc2)CC1.Cn1cccn1.O=C(c1ccccc1)N1CCOCC1.O=C1CCN(C(=O)c2ccccc2)CC1.c1ccc(-n2cccn2)cc1.c1cnn(CCN2CCOCC2)c1. The third kappa shape index (κ3) is 95.3. The summed E-state index contributed by atoms with van der Waals surface area (Å²) in [5.74, 6) is 0.790. The van der Waals surface area contributed by atoms with E-state index in [9.17, 15) is 33.9 Å². The number of para-hydroxylation sites is 1. The summed E-state index contributed by atoms with van der Waals surface area (Å²) in [6, 6.07) is 62.4. The van der Waals surface area contributed by atoms with Gasteiger partial charge in [-0.1, -0.05) is 378 Å². The summed E-state index contributed by atoms with van der Waals surface area (Å²) < 4.78 is 16.0. The highest BCUT2D eigenvalue weighted by molar-refractivity contribution is 5.97. The molecule has 5 aliphatic rings. The number of ether oxygens (including phenoxy) is 2. The number of aryl methyl sites for hydroxylation is 1. The number of hydrogen-bond acceptors (Lipinski definition) is 14. The van der Waals surface area contributed by atoms with Crippen molar-refractivity contribution >= 4 is 35.2 Å². The van der Waals surface area contributed by atoms with Gasteiger partial charge in [0, 0.05) is 163 Å². The molecular weight excluding hydrogens is 1780 g/mol. The number of rotatable bonds is 11. The van der Waals surface area contributed by atoms with Crippen LogP contribution in [0.5, 0.6) is 0 Å².